The Morgan fingerprint density at radius 3 is 2.36 bits per heavy atom. The molecule has 2 aromatic rings. The predicted molar refractivity (Wildman–Crippen MR) is 97.7 cm³/mol. The average molecular weight is 361 g/mol. The smallest absolute Gasteiger partial charge is 0.407 e. The fraction of sp³-hybridized carbons (Fsp3) is 0.312. The van der Waals surface area contributed by atoms with Crippen molar-refractivity contribution in [1.82, 2.24) is 9.88 Å². The summed E-state index contributed by atoms with van der Waals surface area (Å²) < 4.78 is 0. The van der Waals surface area contributed by atoms with Gasteiger partial charge in [0, 0.05) is 48.6 Å². The van der Waals surface area contributed by atoms with Crippen molar-refractivity contribution >= 4 is 40.0 Å². The summed E-state index contributed by atoms with van der Waals surface area (Å²) in [6.07, 6.45) is 0.833. The van der Waals surface area contributed by atoms with Crippen LogP contribution >= 0.6 is 11.3 Å². The number of carbonyl (C=O) groups is 2. The molecule has 25 heavy (non-hydrogen) atoms. The van der Waals surface area contributed by atoms with E-state index in [9.17, 15) is 9.59 Å². The number of piperazine rings is 1. The van der Waals surface area contributed by atoms with Crippen LogP contribution in [-0.2, 0) is 0 Å². The molecule has 1 saturated heterocycles. The zero-order chi connectivity index (χ0) is 17.8. The Balaban J connectivity index is 1.53. The summed E-state index contributed by atoms with van der Waals surface area (Å²) in [7, 11) is 0. The van der Waals surface area contributed by atoms with E-state index in [1.807, 2.05) is 31.2 Å². The summed E-state index contributed by atoms with van der Waals surface area (Å²) >= 11 is 1.41. The second-order valence-electron chi connectivity index (χ2n) is 5.66. The molecule has 1 aromatic heterocycles. The lowest BCUT2D eigenvalue weighted by molar-refractivity contribution is 0.142. The fourth-order valence-electron chi connectivity index (χ4n) is 2.58. The monoisotopic (exact) mass is 361 g/mol. The third-order valence-corrected chi connectivity index (χ3v) is 4.71. The van der Waals surface area contributed by atoms with E-state index in [0.29, 0.717) is 37.0 Å². The molecule has 0 radical (unpaired) electrons. The van der Waals surface area contributed by atoms with Crippen molar-refractivity contribution in [3.63, 3.8) is 0 Å². The number of carbonyl (C=O) groups excluding carboxylic acids is 1. The van der Waals surface area contributed by atoms with E-state index in [1.54, 1.807) is 6.20 Å². The number of thiazole rings is 1. The highest BCUT2D eigenvalue weighted by molar-refractivity contribution is 7.15. The zero-order valence-corrected chi connectivity index (χ0v) is 14.5. The van der Waals surface area contributed by atoms with Gasteiger partial charge in [0.15, 0.2) is 5.13 Å². The van der Waals surface area contributed by atoms with Gasteiger partial charge in [-0.05, 0) is 31.2 Å². The molecule has 3 N–H and O–H groups in total. The zero-order valence-electron chi connectivity index (χ0n) is 13.7. The van der Waals surface area contributed by atoms with Crippen molar-refractivity contribution in [2.75, 3.05) is 41.7 Å². The van der Waals surface area contributed by atoms with Gasteiger partial charge in [0.2, 0.25) is 0 Å². The van der Waals surface area contributed by atoms with Gasteiger partial charge in [-0.25, -0.2) is 14.6 Å². The van der Waals surface area contributed by atoms with Crippen molar-refractivity contribution in [1.29, 1.82) is 0 Å². The quantitative estimate of drug-likeness (QED) is 0.781. The number of urea groups is 1. The minimum atomic E-state index is -0.874. The molecule has 3 amide bonds. The first kappa shape index (κ1) is 17.0. The Labute approximate surface area is 149 Å². The Morgan fingerprint density at radius 2 is 1.80 bits per heavy atom. The summed E-state index contributed by atoms with van der Waals surface area (Å²) in [4.78, 5) is 31.5. The Morgan fingerprint density at radius 1 is 1.12 bits per heavy atom. The van der Waals surface area contributed by atoms with E-state index in [4.69, 9.17) is 5.11 Å². The fourth-order valence-corrected chi connectivity index (χ4v) is 3.24. The number of rotatable bonds is 3. The average Bonchev–Trinajstić information content (AvgIpc) is 3.00. The number of anilines is 3. The van der Waals surface area contributed by atoms with E-state index in [0.717, 1.165) is 10.6 Å². The van der Waals surface area contributed by atoms with Gasteiger partial charge in [-0.15, -0.1) is 11.3 Å². The minimum Gasteiger partial charge on any atom is -0.465 e. The largest absolute Gasteiger partial charge is 0.465 e. The Bertz CT molecular complexity index is 753. The number of nitrogens with one attached hydrogen (secondary N) is 2. The summed E-state index contributed by atoms with van der Waals surface area (Å²) in [5, 5.41) is 15.0. The number of nitrogens with zero attached hydrogens (tertiary/aromatic N) is 3. The van der Waals surface area contributed by atoms with Gasteiger partial charge in [0.05, 0.1) is 0 Å². The number of carboxylic acid groups (broad SMARTS) is 1. The van der Waals surface area contributed by atoms with E-state index in [2.05, 4.69) is 20.5 Å². The molecule has 9 heteroatoms. The van der Waals surface area contributed by atoms with Crippen molar-refractivity contribution < 1.29 is 14.7 Å². The third-order valence-electron chi connectivity index (χ3n) is 3.88. The number of hydrogen-bond acceptors (Lipinski definition) is 5. The van der Waals surface area contributed by atoms with Crippen molar-refractivity contribution in [3.05, 3.63) is 35.3 Å². The Kier molecular flexibility index (Phi) is 5.03. The maximum Gasteiger partial charge on any atom is 0.407 e. The van der Waals surface area contributed by atoms with Crippen LogP contribution in [0.5, 0.6) is 0 Å². The van der Waals surface area contributed by atoms with Crippen LogP contribution in [0.2, 0.25) is 0 Å². The lowest BCUT2D eigenvalue weighted by atomic mass is 10.2. The van der Waals surface area contributed by atoms with Crippen LogP contribution in [0.15, 0.2) is 30.5 Å². The van der Waals surface area contributed by atoms with Gasteiger partial charge in [0.25, 0.3) is 0 Å². The number of aromatic nitrogens is 1. The summed E-state index contributed by atoms with van der Waals surface area (Å²) in [5.74, 6) is 0. The SMILES string of the molecule is Cc1cnc(NC(=O)Nc2ccc(N3CCN(C(=O)O)CC3)cc2)s1. The van der Waals surface area contributed by atoms with Gasteiger partial charge < -0.3 is 20.2 Å². The van der Waals surface area contributed by atoms with E-state index < -0.39 is 6.09 Å². The first-order chi connectivity index (χ1) is 12.0. The van der Waals surface area contributed by atoms with Crippen LogP contribution in [0.4, 0.5) is 26.1 Å². The van der Waals surface area contributed by atoms with Crippen molar-refractivity contribution in [2.45, 2.75) is 6.92 Å². The van der Waals surface area contributed by atoms with Gasteiger partial charge in [-0.3, -0.25) is 5.32 Å². The molecule has 1 aromatic carbocycles. The normalized spacial score (nSPS) is 14.3. The van der Waals surface area contributed by atoms with Crippen LogP contribution < -0.4 is 15.5 Å². The molecule has 132 valence electrons. The highest BCUT2D eigenvalue weighted by Crippen LogP contribution is 2.20. The molecule has 1 aliphatic heterocycles. The molecule has 0 atom stereocenters. The molecule has 0 aliphatic carbocycles. The second-order valence-corrected chi connectivity index (χ2v) is 6.89. The molecule has 0 bridgehead atoms. The molecule has 3 rings (SSSR count). The number of benzene rings is 1. The first-order valence-corrected chi connectivity index (χ1v) is 8.66. The van der Waals surface area contributed by atoms with Gasteiger partial charge >= 0.3 is 12.1 Å². The third kappa shape index (κ3) is 4.38. The highest BCUT2D eigenvalue weighted by Gasteiger charge is 2.20. The predicted octanol–water partition coefficient (Wildman–Crippen LogP) is 2.90. The van der Waals surface area contributed by atoms with Gasteiger partial charge in [-0.1, -0.05) is 0 Å². The van der Waals surface area contributed by atoms with Crippen LogP contribution in [0, 0.1) is 6.92 Å². The number of amides is 3. The molecule has 1 aliphatic rings. The molecule has 1 fully saturated rings. The number of aryl methyl sites for hydroxylation is 1. The van der Waals surface area contributed by atoms with Crippen LogP contribution in [0.1, 0.15) is 4.88 Å². The van der Waals surface area contributed by atoms with Crippen LogP contribution in [-0.4, -0.2) is 53.3 Å². The van der Waals surface area contributed by atoms with Gasteiger partial charge in [0.1, 0.15) is 0 Å². The van der Waals surface area contributed by atoms with E-state index in [1.165, 1.54) is 16.2 Å². The lowest BCUT2D eigenvalue weighted by Crippen LogP contribution is -2.48. The minimum absolute atomic E-state index is 0.336. The first-order valence-electron chi connectivity index (χ1n) is 7.84. The van der Waals surface area contributed by atoms with E-state index in [-0.39, 0.29) is 6.03 Å². The topological polar surface area (TPSA) is 97.8 Å². The van der Waals surface area contributed by atoms with Crippen molar-refractivity contribution in [3.8, 4) is 0 Å². The highest BCUT2D eigenvalue weighted by atomic mass is 32.1. The van der Waals surface area contributed by atoms with E-state index >= 15 is 0 Å². The summed E-state index contributed by atoms with van der Waals surface area (Å²) in [5.41, 5.74) is 1.69. The maximum atomic E-state index is 12.0. The second kappa shape index (κ2) is 7.39. The molecular weight excluding hydrogens is 342 g/mol. The molecule has 0 unspecified atom stereocenters. The standard InChI is InChI=1S/C16H19N5O3S/c1-11-10-17-15(25-11)19-14(22)18-12-2-4-13(5-3-12)20-6-8-21(9-7-20)16(23)24/h2-5,10H,6-9H2,1H3,(H,23,24)(H2,17,18,19,22). The lowest BCUT2D eigenvalue weighted by Gasteiger charge is -2.34. The number of hydrogen-bond donors (Lipinski definition) is 3. The summed E-state index contributed by atoms with van der Waals surface area (Å²) in [6, 6.07) is 7.15. The molecule has 8 nitrogen and oxygen atoms in total. The van der Waals surface area contributed by atoms with Crippen LogP contribution in [0.3, 0.4) is 0 Å². The maximum absolute atomic E-state index is 12.0. The molecule has 0 saturated carbocycles. The molecule has 2 heterocycles. The molecular formula is C16H19N5O3S. The van der Waals surface area contributed by atoms with Crippen LogP contribution in [0.25, 0.3) is 0 Å². The van der Waals surface area contributed by atoms with Gasteiger partial charge in [-0.2, -0.15) is 0 Å². The Hall–Kier alpha value is -2.81. The molecule has 0 spiro atoms. The summed E-state index contributed by atoms with van der Waals surface area (Å²) in [6.45, 7) is 4.22. The van der Waals surface area contributed by atoms with Crippen molar-refractivity contribution in [2.24, 2.45) is 0 Å².